The molecule has 0 saturated carbocycles. The predicted octanol–water partition coefficient (Wildman–Crippen LogP) is 3.38. The zero-order chi connectivity index (χ0) is 17.8. The van der Waals surface area contributed by atoms with Crippen LogP contribution < -0.4 is 9.64 Å². The first-order valence-corrected chi connectivity index (χ1v) is 8.55. The van der Waals surface area contributed by atoms with E-state index in [1.165, 1.54) is 12.1 Å². The van der Waals surface area contributed by atoms with Crippen molar-refractivity contribution < 1.29 is 13.9 Å². The van der Waals surface area contributed by atoms with Gasteiger partial charge in [0, 0.05) is 42.5 Å². The summed E-state index contributed by atoms with van der Waals surface area (Å²) in [5.74, 6) is 0.482. The third kappa shape index (κ3) is 4.23. The smallest absolute Gasteiger partial charge is 0.227 e. The Balaban J connectivity index is 1.60. The Morgan fingerprint density at radius 3 is 2.44 bits per heavy atom. The standard InChI is InChI=1S/C19H20ClFN2O2/c1-25-18-7-2-15(20)12-14(18)13-19(24)23-10-8-22(9-11-23)17-5-3-16(21)4-6-17/h2-7,12H,8-11,13H2,1H3. The fourth-order valence-corrected chi connectivity index (χ4v) is 3.22. The summed E-state index contributed by atoms with van der Waals surface area (Å²) in [5, 5.41) is 0.588. The van der Waals surface area contributed by atoms with Gasteiger partial charge in [-0.2, -0.15) is 0 Å². The van der Waals surface area contributed by atoms with Gasteiger partial charge < -0.3 is 14.5 Å². The highest BCUT2D eigenvalue weighted by Gasteiger charge is 2.22. The molecule has 6 heteroatoms. The third-order valence-electron chi connectivity index (χ3n) is 4.41. The van der Waals surface area contributed by atoms with Crippen molar-refractivity contribution in [1.29, 1.82) is 0 Å². The van der Waals surface area contributed by atoms with Gasteiger partial charge in [0.15, 0.2) is 0 Å². The number of benzene rings is 2. The van der Waals surface area contributed by atoms with Gasteiger partial charge in [0.25, 0.3) is 0 Å². The van der Waals surface area contributed by atoms with Gasteiger partial charge in [-0.15, -0.1) is 0 Å². The lowest BCUT2D eigenvalue weighted by molar-refractivity contribution is -0.130. The molecule has 1 saturated heterocycles. The Kier molecular flexibility index (Phi) is 5.43. The van der Waals surface area contributed by atoms with Crippen molar-refractivity contribution in [3.8, 4) is 5.75 Å². The maximum absolute atomic E-state index is 13.0. The number of carbonyl (C=O) groups is 1. The summed E-state index contributed by atoms with van der Waals surface area (Å²) in [5.41, 5.74) is 1.77. The number of rotatable bonds is 4. The van der Waals surface area contributed by atoms with E-state index in [2.05, 4.69) is 4.90 Å². The normalized spacial score (nSPS) is 14.5. The molecule has 0 aliphatic carbocycles. The Morgan fingerprint density at radius 1 is 1.12 bits per heavy atom. The molecule has 1 fully saturated rings. The number of nitrogens with zero attached hydrogens (tertiary/aromatic N) is 2. The largest absolute Gasteiger partial charge is 0.496 e. The van der Waals surface area contributed by atoms with E-state index in [-0.39, 0.29) is 18.1 Å². The number of hydrogen-bond acceptors (Lipinski definition) is 3. The van der Waals surface area contributed by atoms with Crippen LogP contribution in [0.2, 0.25) is 5.02 Å². The van der Waals surface area contributed by atoms with Gasteiger partial charge in [0.05, 0.1) is 13.5 Å². The number of anilines is 1. The zero-order valence-corrected chi connectivity index (χ0v) is 14.8. The van der Waals surface area contributed by atoms with Crippen LogP contribution in [0.3, 0.4) is 0 Å². The van der Waals surface area contributed by atoms with Crippen molar-refractivity contribution >= 4 is 23.2 Å². The van der Waals surface area contributed by atoms with Crippen molar-refractivity contribution in [1.82, 2.24) is 4.90 Å². The minimum Gasteiger partial charge on any atom is -0.496 e. The van der Waals surface area contributed by atoms with Gasteiger partial charge in [-0.1, -0.05) is 11.6 Å². The van der Waals surface area contributed by atoms with Crippen molar-refractivity contribution in [2.75, 3.05) is 38.2 Å². The summed E-state index contributed by atoms with van der Waals surface area (Å²) < 4.78 is 18.3. The Labute approximate surface area is 151 Å². The van der Waals surface area contributed by atoms with Crippen LogP contribution in [0.4, 0.5) is 10.1 Å². The van der Waals surface area contributed by atoms with Crippen LogP contribution in [0, 0.1) is 5.82 Å². The summed E-state index contributed by atoms with van der Waals surface area (Å²) >= 11 is 6.03. The van der Waals surface area contributed by atoms with Gasteiger partial charge in [-0.05, 0) is 42.5 Å². The monoisotopic (exact) mass is 362 g/mol. The fraction of sp³-hybridized carbons (Fsp3) is 0.316. The van der Waals surface area contributed by atoms with Gasteiger partial charge in [-0.25, -0.2) is 4.39 Å². The van der Waals surface area contributed by atoms with Crippen LogP contribution >= 0.6 is 11.6 Å². The molecule has 0 atom stereocenters. The Hall–Kier alpha value is -2.27. The number of amides is 1. The van der Waals surface area contributed by atoms with Gasteiger partial charge >= 0.3 is 0 Å². The highest BCUT2D eigenvalue weighted by Crippen LogP contribution is 2.24. The van der Waals surface area contributed by atoms with Crippen LogP contribution in [0.5, 0.6) is 5.75 Å². The lowest BCUT2D eigenvalue weighted by Gasteiger charge is -2.36. The van der Waals surface area contributed by atoms with E-state index in [0.717, 1.165) is 24.3 Å². The molecule has 0 bridgehead atoms. The number of hydrogen-bond donors (Lipinski definition) is 0. The minimum absolute atomic E-state index is 0.0549. The molecule has 2 aromatic carbocycles. The van der Waals surface area contributed by atoms with Crippen molar-refractivity contribution in [2.24, 2.45) is 0 Å². The minimum atomic E-state index is -0.243. The van der Waals surface area contributed by atoms with Crippen LogP contribution in [0.15, 0.2) is 42.5 Å². The van der Waals surface area contributed by atoms with Gasteiger partial charge in [0.1, 0.15) is 11.6 Å². The Morgan fingerprint density at radius 2 is 1.80 bits per heavy atom. The molecular weight excluding hydrogens is 343 g/mol. The first kappa shape index (κ1) is 17.5. The van der Waals surface area contributed by atoms with E-state index < -0.39 is 0 Å². The fourth-order valence-electron chi connectivity index (χ4n) is 3.03. The number of halogens is 2. The lowest BCUT2D eigenvalue weighted by Crippen LogP contribution is -2.49. The molecule has 2 aromatic rings. The molecule has 1 amide bonds. The number of piperazine rings is 1. The quantitative estimate of drug-likeness (QED) is 0.836. The molecule has 0 unspecified atom stereocenters. The topological polar surface area (TPSA) is 32.8 Å². The summed E-state index contributed by atoms with van der Waals surface area (Å²) in [6.45, 7) is 2.73. The number of ether oxygens (including phenoxy) is 1. The molecule has 0 aromatic heterocycles. The van der Waals surface area contributed by atoms with E-state index >= 15 is 0 Å². The van der Waals surface area contributed by atoms with E-state index in [1.54, 1.807) is 37.4 Å². The van der Waals surface area contributed by atoms with E-state index in [4.69, 9.17) is 16.3 Å². The van der Waals surface area contributed by atoms with Crippen molar-refractivity contribution in [3.63, 3.8) is 0 Å². The highest BCUT2D eigenvalue weighted by atomic mass is 35.5. The van der Waals surface area contributed by atoms with E-state index in [0.29, 0.717) is 23.9 Å². The molecular formula is C19H20ClFN2O2. The molecule has 25 heavy (non-hydrogen) atoms. The molecule has 0 spiro atoms. The first-order valence-electron chi connectivity index (χ1n) is 8.17. The summed E-state index contributed by atoms with van der Waals surface area (Å²) in [6, 6.07) is 11.7. The van der Waals surface area contributed by atoms with E-state index in [9.17, 15) is 9.18 Å². The van der Waals surface area contributed by atoms with Crippen LogP contribution in [0.25, 0.3) is 0 Å². The molecule has 0 N–H and O–H groups in total. The summed E-state index contributed by atoms with van der Waals surface area (Å²) in [4.78, 5) is 16.6. The summed E-state index contributed by atoms with van der Waals surface area (Å²) in [6.07, 6.45) is 0.264. The second kappa shape index (κ2) is 7.74. The molecule has 1 aliphatic rings. The molecule has 4 nitrogen and oxygen atoms in total. The zero-order valence-electron chi connectivity index (χ0n) is 14.0. The van der Waals surface area contributed by atoms with Crippen LogP contribution in [-0.4, -0.2) is 44.1 Å². The maximum atomic E-state index is 13.0. The number of carbonyl (C=O) groups excluding carboxylic acids is 1. The second-order valence-corrected chi connectivity index (χ2v) is 6.41. The van der Waals surface area contributed by atoms with E-state index in [1.807, 2.05) is 4.90 Å². The molecule has 1 heterocycles. The van der Waals surface area contributed by atoms with Crippen molar-refractivity contribution in [2.45, 2.75) is 6.42 Å². The molecule has 3 rings (SSSR count). The second-order valence-electron chi connectivity index (χ2n) is 5.98. The predicted molar refractivity (Wildman–Crippen MR) is 96.9 cm³/mol. The third-order valence-corrected chi connectivity index (χ3v) is 4.64. The molecule has 0 radical (unpaired) electrons. The van der Waals surface area contributed by atoms with Crippen LogP contribution in [0.1, 0.15) is 5.56 Å². The van der Waals surface area contributed by atoms with Gasteiger partial charge in [-0.3, -0.25) is 4.79 Å². The van der Waals surface area contributed by atoms with Gasteiger partial charge in [0.2, 0.25) is 5.91 Å². The Bertz CT molecular complexity index is 744. The molecule has 132 valence electrons. The maximum Gasteiger partial charge on any atom is 0.227 e. The highest BCUT2D eigenvalue weighted by molar-refractivity contribution is 6.30. The average Bonchev–Trinajstić information content (AvgIpc) is 2.63. The number of methoxy groups -OCH3 is 1. The average molecular weight is 363 g/mol. The van der Waals surface area contributed by atoms with Crippen LogP contribution in [-0.2, 0) is 11.2 Å². The SMILES string of the molecule is COc1ccc(Cl)cc1CC(=O)N1CCN(c2ccc(F)cc2)CC1. The first-order chi connectivity index (χ1) is 12.1. The summed E-state index contributed by atoms with van der Waals surface area (Å²) in [7, 11) is 1.58. The lowest BCUT2D eigenvalue weighted by atomic mass is 10.1. The van der Waals surface area contributed by atoms with Crippen molar-refractivity contribution in [3.05, 3.63) is 58.9 Å². The molecule has 1 aliphatic heterocycles.